The van der Waals surface area contributed by atoms with Crippen LogP contribution in [-0.4, -0.2) is 11.2 Å². The van der Waals surface area contributed by atoms with Gasteiger partial charge in [0, 0.05) is 5.56 Å². The van der Waals surface area contributed by atoms with Crippen LogP contribution in [0.15, 0.2) is 18.2 Å². The van der Waals surface area contributed by atoms with Gasteiger partial charge < -0.3 is 10.8 Å². The SMILES string of the molecule is Cl.N[C@H](c1cc(F)ccc1F)[C@@H](O)C1CC1. The lowest BCUT2D eigenvalue weighted by atomic mass is 9.98. The Kier molecular flexibility index (Phi) is 4.24. The van der Waals surface area contributed by atoms with Crippen LogP contribution in [0.3, 0.4) is 0 Å². The van der Waals surface area contributed by atoms with Crippen LogP contribution in [0.5, 0.6) is 0 Å². The molecule has 0 radical (unpaired) electrons. The van der Waals surface area contributed by atoms with Crippen molar-refractivity contribution in [2.45, 2.75) is 25.0 Å². The van der Waals surface area contributed by atoms with Crippen molar-refractivity contribution in [3.05, 3.63) is 35.4 Å². The van der Waals surface area contributed by atoms with Crippen LogP contribution in [0.2, 0.25) is 0 Å². The van der Waals surface area contributed by atoms with E-state index in [1.54, 1.807) is 0 Å². The number of rotatable bonds is 3. The molecule has 0 aliphatic heterocycles. The van der Waals surface area contributed by atoms with Gasteiger partial charge in [0.05, 0.1) is 12.1 Å². The number of hydrogen-bond donors (Lipinski definition) is 2. The third-order valence-electron chi connectivity index (χ3n) is 2.79. The molecule has 0 heterocycles. The second kappa shape index (κ2) is 5.08. The number of aliphatic hydroxyl groups excluding tert-OH is 1. The first-order valence-electron chi connectivity index (χ1n) is 4.98. The topological polar surface area (TPSA) is 46.2 Å². The molecule has 0 bridgehead atoms. The zero-order valence-corrected chi connectivity index (χ0v) is 9.38. The second-order valence-electron chi connectivity index (χ2n) is 4.02. The molecule has 1 aliphatic carbocycles. The Morgan fingerprint density at radius 2 is 1.94 bits per heavy atom. The van der Waals surface area contributed by atoms with Crippen molar-refractivity contribution in [1.29, 1.82) is 0 Å². The van der Waals surface area contributed by atoms with Gasteiger partial charge in [-0.05, 0) is 37.0 Å². The number of halogens is 3. The molecule has 3 N–H and O–H groups in total. The minimum absolute atomic E-state index is 0. The smallest absolute Gasteiger partial charge is 0.128 e. The van der Waals surface area contributed by atoms with Crippen molar-refractivity contribution in [2.75, 3.05) is 0 Å². The normalized spacial score (nSPS) is 18.8. The Balaban J connectivity index is 0.00000128. The van der Waals surface area contributed by atoms with Crippen LogP contribution < -0.4 is 5.73 Å². The first kappa shape index (κ1) is 13.4. The standard InChI is InChI=1S/C11H13F2NO.ClH/c12-7-3-4-9(13)8(5-7)10(14)11(15)6-1-2-6;/h3-6,10-11,15H,1-2,14H2;1H/t10-,11+;/m1./s1. The monoisotopic (exact) mass is 249 g/mol. The minimum atomic E-state index is -0.840. The molecule has 0 unspecified atom stereocenters. The van der Waals surface area contributed by atoms with E-state index in [2.05, 4.69) is 0 Å². The van der Waals surface area contributed by atoms with Gasteiger partial charge in [0.25, 0.3) is 0 Å². The zero-order valence-electron chi connectivity index (χ0n) is 8.57. The van der Waals surface area contributed by atoms with Crippen LogP contribution in [0.25, 0.3) is 0 Å². The molecule has 2 nitrogen and oxygen atoms in total. The minimum Gasteiger partial charge on any atom is -0.391 e. The highest BCUT2D eigenvalue weighted by Crippen LogP contribution is 2.37. The highest BCUT2D eigenvalue weighted by atomic mass is 35.5. The molecule has 0 saturated heterocycles. The number of benzene rings is 1. The van der Waals surface area contributed by atoms with Crippen LogP contribution in [0, 0.1) is 17.6 Å². The van der Waals surface area contributed by atoms with Gasteiger partial charge in [-0.25, -0.2) is 8.78 Å². The molecule has 1 aromatic rings. The average molecular weight is 250 g/mol. The molecule has 2 rings (SSSR count). The van der Waals surface area contributed by atoms with E-state index in [0.717, 1.165) is 31.0 Å². The fourth-order valence-electron chi connectivity index (χ4n) is 1.68. The molecule has 2 atom stereocenters. The predicted molar refractivity (Wildman–Crippen MR) is 59.3 cm³/mol. The van der Waals surface area contributed by atoms with Gasteiger partial charge in [-0.1, -0.05) is 0 Å². The lowest BCUT2D eigenvalue weighted by Gasteiger charge is -2.19. The quantitative estimate of drug-likeness (QED) is 0.862. The fraction of sp³-hybridized carbons (Fsp3) is 0.455. The van der Waals surface area contributed by atoms with Crippen molar-refractivity contribution in [2.24, 2.45) is 11.7 Å². The van der Waals surface area contributed by atoms with Crippen LogP contribution in [0.4, 0.5) is 8.78 Å². The van der Waals surface area contributed by atoms with E-state index in [1.165, 1.54) is 0 Å². The summed E-state index contributed by atoms with van der Waals surface area (Å²) in [5, 5.41) is 9.71. The molecule has 1 fully saturated rings. The fourth-order valence-corrected chi connectivity index (χ4v) is 1.68. The van der Waals surface area contributed by atoms with Crippen LogP contribution in [0.1, 0.15) is 24.4 Å². The van der Waals surface area contributed by atoms with Gasteiger partial charge in [0.2, 0.25) is 0 Å². The predicted octanol–water partition coefficient (Wildman–Crippen LogP) is 2.16. The van der Waals surface area contributed by atoms with Gasteiger partial charge >= 0.3 is 0 Å². The van der Waals surface area contributed by atoms with Crippen molar-refractivity contribution < 1.29 is 13.9 Å². The van der Waals surface area contributed by atoms with Gasteiger partial charge in [-0.2, -0.15) is 0 Å². The van der Waals surface area contributed by atoms with Gasteiger partial charge in [0.15, 0.2) is 0 Å². The summed E-state index contributed by atoms with van der Waals surface area (Å²) in [7, 11) is 0. The Hall–Kier alpha value is -0.710. The van der Waals surface area contributed by atoms with Crippen molar-refractivity contribution in [3.63, 3.8) is 0 Å². The van der Waals surface area contributed by atoms with Crippen molar-refractivity contribution in [3.8, 4) is 0 Å². The molecule has 1 aliphatic rings. The van der Waals surface area contributed by atoms with E-state index in [1.807, 2.05) is 0 Å². The van der Waals surface area contributed by atoms with Crippen LogP contribution in [-0.2, 0) is 0 Å². The molecule has 1 aromatic carbocycles. The summed E-state index contributed by atoms with van der Waals surface area (Å²) in [6.07, 6.45) is 1.04. The number of nitrogens with two attached hydrogens (primary N) is 1. The average Bonchev–Trinajstić information content (AvgIpc) is 3.03. The summed E-state index contributed by atoms with van der Waals surface area (Å²) in [4.78, 5) is 0. The molecule has 90 valence electrons. The summed E-state index contributed by atoms with van der Waals surface area (Å²) < 4.78 is 26.2. The zero-order chi connectivity index (χ0) is 11.0. The van der Waals surface area contributed by atoms with Gasteiger partial charge in [0.1, 0.15) is 11.6 Å². The number of aliphatic hydroxyl groups is 1. The van der Waals surface area contributed by atoms with E-state index in [9.17, 15) is 13.9 Å². The molecule has 5 heteroatoms. The van der Waals surface area contributed by atoms with E-state index in [4.69, 9.17) is 5.73 Å². The third kappa shape index (κ3) is 2.70. The summed E-state index contributed by atoms with van der Waals surface area (Å²) in [5.41, 5.74) is 5.74. The lowest BCUT2D eigenvalue weighted by Crippen LogP contribution is -2.28. The summed E-state index contributed by atoms with van der Waals surface area (Å²) in [6, 6.07) is 2.28. The molecule has 0 aromatic heterocycles. The number of hydrogen-bond acceptors (Lipinski definition) is 2. The summed E-state index contributed by atoms with van der Waals surface area (Å²) >= 11 is 0. The molecule has 0 spiro atoms. The van der Waals surface area contributed by atoms with Crippen molar-refractivity contribution >= 4 is 12.4 Å². The third-order valence-corrected chi connectivity index (χ3v) is 2.79. The van der Waals surface area contributed by atoms with E-state index < -0.39 is 23.8 Å². The Morgan fingerprint density at radius 1 is 1.31 bits per heavy atom. The Labute approximate surface area is 98.9 Å². The Bertz CT molecular complexity index is 371. The maximum atomic E-state index is 13.3. The van der Waals surface area contributed by atoms with Crippen LogP contribution >= 0.6 is 12.4 Å². The molecular formula is C11H14ClF2NO. The first-order chi connectivity index (χ1) is 7.09. The molecular weight excluding hydrogens is 236 g/mol. The van der Waals surface area contributed by atoms with E-state index in [0.29, 0.717) is 0 Å². The lowest BCUT2D eigenvalue weighted by molar-refractivity contribution is 0.120. The second-order valence-corrected chi connectivity index (χ2v) is 4.02. The first-order valence-corrected chi connectivity index (χ1v) is 4.98. The Morgan fingerprint density at radius 3 is 2.50 bits per heavy atom. The van der Waals surface area contributed by atoms with E-state index in [-0.39, 0.29) is 23.9 Å². The van der Waals surface area contributed by atoms with Gasteiger partial charge in [-0.15, -0.1) is 12.4 Å². The largest absolute Gasteiger partial charge is 0.391 e. The maximum Gasteiger partial charge on any atom is 0.128 e. The van der Waals surface area contributed by atoms with E-state index >= 15 is 0 Å². The molecule has 0 amide bonds. The molecule has 1 saturated carbocycles. The van der Waals surface area contributed by atoms with Crippen molar-refractivity contribution in [1.82, 2.24) is 0 Å². The molecule has 16 heavy (non-hydrogen) atoms. The highest BCUT2D eigenvalue weighted by molar-refractivity contribution is 5.85. The van der Waals surface area contributed by atoms with Gasteiger partial charge in [-0.3, -0.25) is 0 Å². The maximum absolute atomic E-state index is 13.3. The highest BCUT2D eigenvalue weighted by Gasteiger charge is 2.35. The summed E-state index contributed by atoms with van der Waals surface area (Å²) in [6.45, 7) is 0. The summed E-state index contributed by atoms with van der Waals surface area (Å²) in [5.74, 6) is -0.962.